The fraction of sp³-hybridized carbons (Fsp3) is 0.909. The highest BCUT2D eigenvalue weighted by atomic mass is 32.2. The van der Waals surface area contributed by atoms with Crippen molar-refractivity contribution in [3.05, 3.63) is 0 Å². The lowest BCUT2D eigenvalue weighted by Crippen LogP contribution is -2.31. The predicted octanol–water partition coefficient (Wildman–Crippen LogP) is 2.27. The van der Waals surface area contributed by atoms with Crippen molar-refractivity contribution in [1.82, 2.24) is 0 Å². The van der Waals surface area contributed by atoms with Crippen molar-refractivity contribution >= 4 is 17.5 Å². The van der Waals surface area contributed by atoms with E-state index in [1.165, 1.54) is 18.6 Å². The Morgan fingerprint density at radius 3 is 2.57 bits per heavy atom. The summed E-state index contributed by atoms with van der Waals surface area (Å²) in [6.45, 7) is 1.57. The number of hydrogen-bond acceptors (Lipinski definition) is 3. The van der Waals surface area contributed by atoms with Crippen LogP contribution in [0.2, 0.25) is 0 Å². The van der Waals surface area contributed by atoms with Crippen molar-refractivity contribution in [3.63, 3.8) is 0 Å². The first-order valence-corrected chi connectivity index (χ1v) is 6.66. The van der Waals surface area contributed by atoms with Crippen LogP contribution in [0, 0.1) is 5.92 Å². The molecule has 2 aliphatic heterocycles. The Morgan fingerprint density at radius 1 is 1.14 bits per heavy atom. The normalized spacial score (nSPS) is 30.1. The Labute approximate surface area is 89.8 Å². The molecule has 3 heteroatoms. The number of Topliss-reactive ketones (excluding diaryl/α,β-unsaturated/α-hetero) is 1. The van der Waals surface area contributed by atoms with Crippen LogP contribution in [0.1, 0.15) is 32.1 Å². The van der Waals surface area contributed by atoms with E-state index in [1.54, 1.807) is 0 Å². The molecule has 0 spiro atoms. The van der Waals surface area contributed by atoms with E-state index in [2.05, 4.69) is 0 Å². The number of carbonyl (C=O) groups is 1. The smallest absolute Gasteiger partial charge is 0.149 e. The largest absolute Gasteiger partial charge is 0.381 e. The maximum Gasteiger partial charge on any atom is 0.149 e. The van der Waals surface area contributed by atoms with Crippen LogP contribution in [0.25, 0.3) is 0 Å². The molecule has 0 N–H and O–H groups in total. The summed E-state index contributed by atoms with van der Waals surface area (Å²) in [5.41, 5.74) is 0. The molecule has 0 amide bonds. The zero-order valence-corrected chi connectivity index (χ0v) is 9.35. The summed E-state index contributed by atoms with van der Waals surface area (Å²) in [7, 11) is 0. The molecular formula is C11H18O2S. The molecule has 0 saturated carbocycles. The molecular weight excluding hydrogens is 196 g/mol. The maximum absolute atomic E-state index is 12.1. The van der Waals surface area contributed by atoms with Gasteiger partial charge in [0, 0.05) is 19.1 Å². The number of thioether (sulfide) groups is 1. The van der Waals surface area contributed by atoms with Crippen molar-refractivity contribution in [2.45, 2.75) is 37.4 Å². The Hall–Kier alpha value is -0.0200. The standard InChI is InChI=1S/C11H18O2S/c12-11(9-4-6-13-7-5-9)10-3-1-2-8-14-10/h9-10H,1-8H2. The molecule has 0 aromatic heterocycles. The Bertz CT molecular complexity index is 173. The van der Waals surface area contributed by atoms with Crippen LogP contribution in [0.15, 0.2) is 0 Å². The van der Waals surface area contributed by atoms with Crippen LogP contribution >= 0.6 is 11.8 Å². The molecule has 2 heterocycles. The monoisotopic (exact) mass is 214 g/mol. The number of carbonyl (C=O) groups excluding carboxylic acids is 1. The minimum absolute atomic E-state index is 0.305. The second-order valence-corrected chi connectivity index (χ2v) is 5.45. The maximum atomic E-state index is 12.1. The average Bonchev–Trinajstić information content (AvgIpc) is 2.30. The van der Waals surface area contributed by atoms with Gasteiger partial charge in [-0.1, -0.05) is 6.42 Å². The molecule has 2 rings (SSSR count). The van der Waals surface area contributed by atoms with Crippen LogP contribution in [0.4, 0.5) is 0 Å². The number of ether oxygens (including phenoxy) is 1. The number of hydrogen-bond donors (Lipinski definition) is 0. The molecule has 2 nitrogen and oxygen atoms in total. The van der Waals surface area contributed by atoms with Gasteiger partial charge in [-0.2, -0.15) is 11.8 Å². The summed E-state index contributed by atoms with van der Waals surface area (Å²) in [5, 5.41) is 0.312. The third-order valence-electron chi connectivity index (χ3n) is 3.12. The van der Waals surface area contributed by atoms with Crippen molar-refractivity contribution in [2.75, 3.05) is 19.0 Å². The zero-order valence-electron chi connectivity index (χ0n) is 8.54. The zero-order chi connectivity index (χ0) is 9.80. The lowest BCUT2D eigenvalue weighted by Gasteiger charge is -2.27. The van der Waals surface area contributed by atoms with Crippen LogP contribution < -0.4 is 0 Å². The van der Waals surface area contributed by atoms with Crippen LogP contribution in [0.5, 0.6) is 0 Å². The second kappa shape index (κ2) is 5.17. The first-order valence-electron chi connectivity index (χ1n) is 5.61. The summed E-state index contributed by atoms with van der Waals surface area (Å²) in [5.74, 6) is 2.00. The van der Waals surface area contributed by atoms with Gasteiger partial charge in [-0.15, -0.1) is 0 Å². The van der Waals surface area contributed by atoms with Gasteiger partial charge >= 0.3 is 0 Å². The summed E-state index contributed by atoms with van der Waals surface area (Å²) < 4.78 is 5.28. The first-order chi connectivity index (χ1) is 6.88. The lowest BCUT2D eigenvalue weighted by atomic mass is 9.92. The molecule has 0 radical (unpaired) electrons. The van der Waals surface area contributed by atoms with E-state index in [-0.39, 0.29) is 0 Å². The predicted molar refractivity (Wildman–Crippen MR) is 58.6 cm³/mol. The molecule has 0 aromatic rings. The van der Waals surface area contributed by atoms with E-state index in [0.29, 0.717) is 17.0 Å². The topological polar surface area (TPSA) is 26.3 Å². The average molecular weight is 214 g/mol. The number of rotatable bonds is 2. The van der Waals surface area contributed by atoms with Gasteiger partial charge in [0.2, 0.25) is 0 Å². The Kier molecular flexibility index (Phi) is 3.88. The Balaban J connectivity index is 1.85. The van der Waals surface area contributed by atoms with Crippen molar-refractivity contribution < 1.29 is 9.53 Å². The minimum Gasteiger partial charge on any atom is -0.381 e. The molecule has 80 valence electrons. The highest BCUT2D eigenvalue weighted by molar-refractivity contribution is 8.00. The Morgan fingerprint density at radius 2 is 1.93 bits per heavy atom. The van der Waals surface area contributed by atoms with E-state index in [9.17, 15) is 4.79 Å². The molecule has 2 saturated heterocycles. The van der Waals surface area contributed by atoms with E-state index < -0.39 is 0 Å². The lowest BCUT2D eigenvalue weighted by molar-refractivity contribution is -0.125. The molecule has 2 fully saturated rings. The summed E-state index contributed by atoms with van der Waals surface area (Å²) >= 11 is 1.87. The summed E-state index contributed by atoms with van der Waals surface area (Å²) in [4.78, 5) is 12.1. The molecule has 0 aliphatic carbocycles. The first kappa shape index (κ1) is 10.5. The van der Waals surface area contributed by atoms with E-state index >= 15 is 0 Å². The fourth-order valence-corrected chi connectivity index (χ4v) is 3.56. The number of ketones is 1. The van der Waals surface area contributed by atoms with E-state index in [4.69, 9.17) is 4.74 Å². The van der Waals surface area contributed by atoms with Crippen molar-refractivity contribution in [3.8, 4) is 0 Å². The van der Waals surface area contributed by atoms with Crippen molar-refractivity contribution in [1.29, 1.82) is 0 Å². The van der Waals surface area contributed by atoms with Crippen molar-refractivity contribution in [2.24, 2.45) is 5.92 Å². The third-order valence-corrected chi connectivity index (χ3v) is 4.52. The van der Waals surface area contributed by atoms with Gasteiger partial charge in [-0.25, -0.2) is 0 Å². The molecule has 1 atom stereocenters. The van der Waals surface area contributed by atoms with Gasteiger partial charge < -0.3 is 4.74 Å². The molecule has 14 heavy (non-hydrogen) atoms. The van der Waals surface area contributed by atoms with Gasteiger partial charge in [-0.3, -0.25) is 4.79 Å². The second-order valence-electron chi connectivity index (χ2n) is 4.14. The molecule has 0 aromatic carbocycles. The van der Waals surface area contributed by atoms with Crippen LogP contribution in [-0.2, 0) is 9.53 Å². The van der Waals surface area contributed by atoms with Gasteiger partial charge in [0.25, 0.3) is 0 Å². The van der Waals surface area contributed by atoms with Gasteiger partial charge in [0.15, 0.2) is 0 Å². The SMILES string of the molecule is O=C(C1CCOCC1)C1CCCCS1. The third kappa shape index (κ3) is 2.51. The van der Waals surface area contributed by atoms with E-state index in [1.807, 2.05) is 11.8 Å². The van der Waals surface area contributed by atoms with Gasteiger partial charge in [-0.05, 0) is 31.4 Å². The molecule has 0 bridgehead atoms. The minimum atomic E-state index is 0.305. The van der Waals surface area contributed by atoms with Gasteiger partial charge in [0.1, 0.15) is 5.78 Å². The highest BCUT2D eigenvalue weighted by Crippen LogP contribution is 2.30. The van der Waals surface area contributed by atoms with Crippen LogP contribution in [-0.4, -0.2) is 30.0 Å². The van der Waals surface area contributed by atoms with E-state index in [0.717, 1.165) is 32.5 Å². The highest BCUT2D eigenvalue weighted by Gasteiger charge is 2.29. The van der Waals surface area contributed by atoms with Gasteiger partial charge in [0.05, 0.1) is 5.25 Å². The summed E-state index contributed by atoms with van der Waals surface area (Å²) in [6, 6.07) is 0. The molecule has 2 aliphatic rings. The summed E-state index contributed by atoms with van der Waals surface area (Å²) in [6.07, 6.45) is 5.56. The fourth-order valence-electron chi connectivity index (χ4n) is 2.21. The van der Waals surface area contributed by atoms with Crippen LogP contribution in [0.3, 0.4) is 0 Å². The molecule has 1 unspecified atom stereocenters. The quantitative estimate of drug-likeness (QED) is 0.705.